The van der Waals surface area contributed by atoms with Crippen LogP contribution in [0.25, 0.3) is 0 Å². The average molecular weight is 198 g/mol. The van der Waals surface area contributed by atoms with Gasteiger partial charge >= 0.3 is 35.6 Å². The topological polar surface area (TPSA) is 40.1 Å². The van der Waals surface area contributed by atoms with Crippen LogP contribution >= 0.6 is 0 Å². The molecule has 0 rings (SSSR count). The molecule has 0 aliphatic carbocycles. The van der Waals surface area contributed by atoms with E-state index in [0.717, 1.165) is 6.92 Å². The van der Waals surface area contributed by atoms with Gasteiger partial charge in [0.25, 0.3) is 0 Å². The SMILES string of the molecule is CC(=O)[O-].[La+3]. The minimum Gasteiger partial charge on any atom is -0.550 e. The van der Waals surface area contributed by atoms with Gasteiger partial charge in [0.2, 0.25) is 0 Å². The molecule has 0 aliphatic heterocycles. The van der Waals surface area contributed by atoms with Crippen molar-refractivity contribution >= 4 is 5.97 Å². The van der Waals surface area contributed by atoms with Gasteiger partial charge in [-0.3, -0.25) is 0 Å². The predicted molar refractivity (Wildman–Crippen MR) is 10.7 cm³/mol. The molecule has 0 aromatic rings. The van der Waals surface area contributed by atoms with Crippen LogP contribution in [0.1, 0.15) is 6.92 Å². The van der Waals surface area contributed by atoms with Crippen molar-refractivity contribution in [2.45, 2.75) is 6.92 Å². The van der Waals surface area contributed by atoms with Crippen LogP contribution < -0.4 is 5.11 Å². The van der Waals surface area contributed by atoms with Crippen molar-refractivity contribution in [1.29, 1.82) is 0 Å². The van der Waals surface area contributed by atoms with Crippen molar-refractivity contribution in [2.75, 3.05) is 0 Å². The average Bonchev–Trinajstić information content (AvgIpc) is 0.811. The molecule has 0 aromatic heterocycles. The molecule has 0 saturated heterocycles. The Morgan fingerprint density at radius 3 is 1.80 bits per heavy atom. The van der Waals surface area contributed by atoms with Crippen LogP contribution in [0.4, 0.5) is 0 Å². The Morgan fingerprint density at radius 1 is 1.80 bits per heavy atom. The fourth-order valence-electron chi connectivity index (χ4n) is 0. The van der Waals surface area contributed by atoms with Gasteiger partial charge in [0.05, 0.1) is 0 Å². The van der Waals surface area contributed by atoms with Crippen molar-refractivity contribution in [2.24, 2.45) is 0 Å². The monoisotopic (exact) mass is 198 g/mol. The molecular formula is C2H3LaO2+2. The summed E-state index contributed by atoms with van der Waals surface area (Å²) in [6.45, 7) is 0.972. The molecule has 3 heteroatoms. The van der Waals surface area contributed by atoms with Crippen molar-refractivity contribution in [1.82, 2.24) is 0 Å². The molecule has 0 aromatic carbocycles. The first-order valence-electron chi connectivity index (χ1n) is 0.908. The van der Waals surface area contributed by atoms with E-state index in [2.05, 4.69) is 0 Å². The first kappa shape index (κ1) is 9.18. The van der Waals surface area contributed by atoms with Crippen molar-refractivity contribution in [3.63, 3.8) is 0 Å². The maximum absolute atomic E-state index is 8.89. The normalized spacial score (nSPS) is 5.00. The fourth-order valence-corrected chi connectivity index (χ4v) is 0. The van der Waals surface area contributed by atoms with Crippen LogP contribution in [-0.4, -0.2) is 5.97 Å². The van der Waals surface area contributed by atoms with Crippen LogP contribution in [0.3, 0.4) is 0 Å². The second kappa shape index (κ2) is 4.66. The molecule has 2 nitrogen and oxygen atoms in total. The smallest absolute Gasteiger partial charge is 0.550 e. The van der Waals surface area contributed by atoms with E-state index < -0.39 is 5.97 Å². The van der Waals surface area contributed by atoms with Gasteiger partial charge in [-0.2, -0.15) is 0 Å². The van der Waals surface area contributed by atoms with Gasteiger partial charge < -0.3 is 9.90 Å². The summed E-state index contributed by atoms with van der Waals surface area (Å²) >= 11 is 0. The summed E-state index contributed by atoms with van der Waals surface area (Å²) in [6, 6.07) is 0. The second-order valence-corrected chi connectivity index (χ2v) is 0.492. The fraction of sp³-hybridized carbons (Fsp3) is 0.500. The van der Waals surface area contributed by atoms with Crippen LogP contribution in [0.2, 0.25) is 0 Å². The Bertz CT molecular complexity index is 30.6. The number of carbonyl (C=O) groups excluding carboxylic acids is 1. The van der Waals surface area contributed by atoms with Crippen molar-refractivity contribution in [3.8, 4) is 0 Å². The summed E-state index contributed by atoms with van der Waals surface area (Å²) in [5.41, 5.74) is 0. The number of carbonyl (C=O) groups is 1. The van der Waals surface area contributed by atoms with E-state index in [-0.39, 0.29) is 35.6 Å². The molecule has 24 valence electrons. The summed E-state index contributed by atoms with van der Waals surface area (Å²) in [6.07, 6.45) is 0. The van der Waals surface area contributed by atoms with Crippen LogP contribution in [0.5, 0.6) is 0 Å². The third-order valence-electron chi connectivity index (χ3n) is 0. The van der Waals surface area contributed by atoms with E-state index in [4.69, 9.17) is 9.90 Å². The molecular weight excluding hydrogens is 195 g/mol. The van der Waals surface area contributed by atoms with Gasteiger partial charge in [0.1, 0.15) is 0 Å². The number of hydrogen-bond acceptors (Lipinski definition) is 2. The van der Waals surface area contributed by atoms with E-state index in [1.54, 1.807) is 0 Å². The molecule has 0 saturated carbocycles. The summed E-state index contributed by atoms with van der Waals surface area (Å²) in [5, 5.41) is 8.89. The quantitative estimate of drug-likeness (QED) is 0.488. The van der Waals surface area contributed by atoms with Gasteiger partial charge in [-0.05, 0) is 6.92 Å². The van der Waals surface area contributed by atoms with Gasteiger partial charge in [-0.25, -0.2) is 0 Å². The first-order valence-corrected chi connectivity index (χ1v) is 0.908. The molecule has 5 heavy (non-hydrogen) atoms. The molecule has 0 unspecified atom stereocenters. The molecule has 0 spiro atoms. The van der Waals surface area contributed by atoms with Gasteiger partial charge in [-0.1, -0.05) is 0 Å². The zero-order valence-corrected chi connectivity index (χ0v) is 6.52. The summed E-state index contributed by atoms with van der Waals surface area (Å²) in [4.78, 5) is 8.89. The molecule has 0 amide bonds. The molecule has 0 atom stereocenters. The second-order valence-electron chi connectivity index (χ2n) is 0.492. The Balaban J connectivity index is 0. The van der Waals surface area contributed by atoms with Crippen molar-refractivity contribution < 1.29 is 45.5 Å². The third-order valence-corrected chi connectivity index (χ3v) is 0. The van der Waals surface area contributed by atoms with Crippen molar-refractivity contribution in [3.05, 3.63) is 0 Å². The Kier molecular flexibility index (Phi) is 8.56. The maximum Gasteiger partial charge on any atom is 3.00 e. The summed E-state index contributed by atoms with van der Waals surface area (Å²) < 4.78 is 0. The number of hydrogen-bond donors (Lipinski definition) is 0. The Morgan fingerprint density at radius 2 is 1.80 bits per heavy atom. The zero-order valence-electron chi connectivity index (χ0n) is 2.89. The summed E-state index contributed by atoms with van der Waals surface area (Å²) in [7, 11) is 0. The zero-order chi connectivity index (χ0) is 3.58. The standard InChI is InChI=1S/C2H4O2.La/c1-2(3)4;/h1H3,(H,3,4);/q;+3/p-1. The van der Waals surface area contributed by atoms with E-state index in [1.807, 2.05) is 0 Å². The summed E-state index contributed by atoms with van der Waals surface area (Å²) in [5.74, 6) is -1.08. The van der Waals surface area contributed by atoms with Crippen LogP contribution in [0, 0.1) is 35.6 Å². The molecule has 0 heterocycles. The first-order chi connectivity index (χ1) is 1.73. The van der Waals surface area contributed by atoms with E-state index in [0.29, 0.717) is 0 Å². The van der Waals surface area contributed by atoms with Gasteiger partial charge in [0, 0.05) is 5.97 Å². The molecule has 0 aliphatic rings. The van der Waals surface area contributed by atoms with E-state index >= 15 is 0 Å². The van der Waals surface area contributed by atoms with Gasteiger partial charge in [-0.15, -0.1) is 0 Å². The molecule has 0 radical (unpaired) electrons. The minimum absolute atomic E-state index is 0. The third kappa shape index (κ3) is 75.0. The Hall–Kier alpha value is 0.665. The number of carboxylic acid groups (broad SMARTS) is 1. The van der Waals surface area contributed by atoms with E-state index in [9.17, 15) is 0 Å². The molecule has 0 fully saturated rings. The van der Waals surface area contributed by atoms with E-state index in [1.165, 1.54) is 0 Å². The molecule has 0 N–H and O–H groups in total. The largest absolute Gasteiger partial charge is 3.00 e. The minimum atomic E-state index is -1.08. The number of aliphatic carboxylic acids is 1. The molecule has 0 bridgehead atoms. The van der Waals surface area contributed by atoms with Crippen LogP contribution in [-0.2, 0) is 4.79 Å². The van der Waals surface area contributed by atoms with Gasteiger partial charge in [0.15, 0.2) is 0 Å². The van der Waals surface area contributed by atoms with Crippen LogP contribution in [0.15, 0.2) is 0 Å². The number of carboxylic acids is 1. The Labute approximate surface area is 58.2 Å². The number of rotatable bonds is 0. The predicted octanol–water partition coefficient (Wildman–Crippen LogP) is -1.24. The maximum atomic E-state index is 8.89.